The molecule has 1 aromatic carbocycles. The van der Waals surface area contributed by atoms with Gasteiger partial charge in [-0.3, -0.25) is 4.79 Å². The van der Waals surface area contributed by atoms with Crippen LogP contribution in [0.2, 0.25) is 0 Å². The van der Waals surface area contributed by atoms with Gasteiger partial charge in [-0.05, 0) is 29.8 Å². The highest BCUT2D eigenvalue weighted by Gasteiger charge is 2.24. The zero-order valence-electron chi connectivity index (χ0n) is 8.82. The van der Waals surface area contributed by atoms with E-state index in [-0.39, 0.29) is 11.7 Å². The highest BCUT2D eigenvalue weighted by molar-refractivity contribution is 5.84. The second kappa shape index (κ2) is 4.03. The number of carbonyl (C=O) groups is 1. The molecule has 80 valence electrons. The summed E-state index contributed by atoms with van der Waals surface area (Å²) in [6, 6.07) is 5.89. The molecule has 3 nitrogen and oxygen atoms in total. The molecular formula is C12H15NO2. The van der Waals surface area contributed by atoms with Crippen molar-refractivity contribution >= 4 is 5.78 Å². The van der Waals surface area contributed by atoms with Crippen LogP contribution in [0.25, 0.3) is 0 Å². The number of ether oxygens (including phenoxy) is 1. The minimum Gasteiger partial charge on any atom is -0.497 e. The third-order valence-corrected chi connectivity index (χ3v) is 2.94. The molecule has 0 amide bonds. The first-order chi connectivity index (χ1) is 7.24. The zero-order chi connectivity index (χ0) is 10.8. The highest BCUT2D eigenvalue weighted by atomic mass is 16.5. The van der Waals surface area contributed by atoms with Gasteiger partial charge in [0, 0.05) is 18.8 Å². The molecule has 1 aromatic rings. The third-order valence-electron chi connectivity index (χ3n) is 2.94. The van der Waals surface area contributed by atoms with Crippen LogP contribution in [0.15, 0.2) is 18.2 Å². The minimum atomic E-state index is 0.187. The standard InChI is InChI=1S/C12H15NO2/c1-15-11-2-3-12-8(6-11)4-10(14)5-9(12)7-13/h2-3,6,9H,4-5,7,13H2,1H3. The number of Topliss-reactive ketones (excluding diaryl/α,β-unsaturated/α-hetero) is 1. The maximum atomic E-state index is 11.5. The minimum absolute atomic E-state index is 0.187. The summed E-state index contributed by atoms with van der Waals surface area (Å²) in [6.45, 7) is 0.533. The Hall–Kier alpha value is -1.35. The van der Waals surface area contributed by atoms with Gasteiger partial charge in [-0.15, -0.1) is 0 Å². The Bertz CT molecular complexity index is 387. The fourth-order valence-electron chi connectivity index (χ4n) is 2.14. The van der Waals surface area contributed by atoms with Crippen LogP contribution in [0, 0.1) is 0 Å². The van der Waals surface area contributed by atoms with Gasteiger partial charge in [0.15, 0.2) is 0 Å². The number of rotatable bonds is 2. The number of ketones is 1. The van der Waals surface area contributed by atoms with Crippen LogP contribution >= 0.6 is 0 Å². The van der Waals surface area contributed by atoms with Crippen LogP contribution in [0.4, 0.5) is 0 Å². The zero-order valence-corrected chi connectivity index (χ0v) is 8.82. The maximum absolute atomic E-state index is 11.5. The molecule has 0 fully saturated rings. The summed E-state index contributed by atoms with van der Waals surface area (Å²) in [6.07, 6.45) is 1.10. The van der Waals surface area contributed by atoms with E-state index in [2.05, 4.69) is 0 Å². The number of benzene rings is 1. The molecule has 0 saturated carbocycles. The molecule has 0 bridgehead atoms. The molecule has 0 aromatic heterocycles. The number of hydrogen-bond acceptors (Lipinski definition) is 3. The molecule has 1 unspecified atom stereocenters. The lowest BCUT2D eigenvalue weighted by Crippen LogP contribution is -2.23. The van der Waals surface area contributed by atoms with Crippen molar-refractivity contribution in [2.24, 2.45) is 5.73 Å². The van der Waals surface area contributed by atoms with E-state index in [4.69, 9.17) is 10.5 Å². The molecule has 1 aliphatic carbocycles. The lowest BCUT2D eigenvalue weighted by molar-refractivity contribution is -0.119. The second-order valence-corrected chi connectivity index (χ2v) is 3.92. The van der Waals surface area contributed by atoms with E-state index < -0.39 is 0 Å². The first kappa shape index (κ1) is 10.2. The number of hydrogen-bond donors (Lipinski definition) is 1. The van der Waals surface area contributed by atoms with Crippen LogP contribution in [-0.2, 0) is 11.2 Å². The van der Waals surface area contributed by atoms with Crippen molar-refractivity contribution < 1.29 is 9.53 Å². The summed E-state index contributed by atoms with van der Waals surface area (Å²) in [5.74, 6) is 1.26. The van der Waals surface area contributed by atoms with Gasteiger partial charge < -0.3 is 10.5 Å². The average Bonchev–Trinajstić information content (AvgIpc) is 2.26. The first-order valence-corrected chi connectivity index (χ1v) is 5.13. The molecule has 1 atom stereocenters. The molecule has 15 heavy (non-hydrogen) atoms. The topological polar surface area (TPSA) is 52.3 Å². The number of carbonyl (C=O) groups excluding carboxylic acids is 1. The van der Waals surface area contributed by atoms with E-state index in [1.165, 1.54) is 5.56 Å². The first-order valence-electron chi connectivity index (χ1n) is 5.13. The molecular weight excluding hydrogens is 190 g/mol. The quantitative estimate of drug-likeness (QED) is 0.790. The van der Waals surface area contributed by atoms with Crippen LogP contribution in [-0.4, -0.2) is 19.4 Å². The molecule has 0 spiro atoms. The van der Waals surface area contributed by atoms with E-state index in [1.807, 2.05) is 18.2 Å². The second-order valence-electron chi connectivity index (χ2n) is 3.92. The molecule has 2 rings (SSSR count). The van der Waals surface area contributed by atoms with Crippen molar-refractivity contribution in [2.45, 2.75) is 18.8 Å². The summed E-state index contributed by atoms with van der Waals surface area (Å²) in [4.78, 5) is 11.5. The molecule has 0 heterocycles. The van der Waals surface area contributed by atoms with Crippen molar-refractivity contribution in [3.8, 4) is 5.75 Å². The van der Waals surface area contributed by atoms with Gasteiger partial charge in [-0.1, -0.05) is 6.07 Å². The predicted octanol–water partition coefficient (Wildman–Crippen LogP) is 1.25. The summed E-state index contributed by atoms with van der Waals surface area (Å²) in [5, 5.41) is 0. The van der Waals surface area contributed by atoms with E-state index in [0.29, 0.717) is 19.4 Å². The van der Waals surface area contributed by atoms with Crippen LogP contribution < -0.4 is 10.5 Å². The van der Waals surface area contributed by atoms with E-state index in [9.17, 15) is 4.79 Å². The SMILES string of the molecule is COc1ccc2c(c1)CC(=O)CC2CN. The van der Waals surface area contributed by atoms with Crippen molar-refractivity contribution in [1.82, 2.24) is 0 Å². The molecule has 0 aliphatic heterocycles. The van der Waals surface area contributed by atoms with E-state index in [0.717, 1.165) is 11.3 Å². The van der Waals surface area contributed by atoms with Crippen molar-refractivity contribution in [2.75, 3.05) is 13.7 Å². The summed E-state index contributed by atoms with van der Waals surface area (Å²) >= 11 is 0. The lowest BCUT2D eigenvalue weighted by atomic mass is 9.82. The molecule has 2 N–H and O–H groups in total. The number of nitrogens with two attached hydrogens (primary N) is 1. The van der Waals surface area contributed by atoms with Crippen LogP contribution in [0.5, 0.6) is 5.75 Å². The van der Waals surface area contributed by atoms with Gasteiger partial charge in [0.1, 0.15) is 11.5 Å². The number of methoxy groups -OCH3 is 1. The van der Waals surface area contributed by atoms with Crippen molar-refractivity contribution in [3.63, 3.8) is 0 Å². The fourth-order valence-corrected chi connectivity index (χ4v) is 2.14. The Labute approximate surface area is 89.2 Å². The molecule has 0 radical (unpaired) electrons. The van der Waals surface area contributed by atoms with Gasteiger partial charge in [0.2, 0.25) is 0 Å². The molecule has 0 saturated heterocycles. The van der Waals surface area contributed by atoms with Gasteiger partial charge in [-0.2, -0.15) is 0 Å². The third kappa shape index (κ3) is 1.88. The Kier molecular flexibility index (Phi) is 2.73. The lowest BCUT2D eigenvalue weighted by Gasteiger charge is -2.23. The fraction of sp³-hybridized carbons (Fsp3) is 0.417. The Morgan fingerprint density at radius 3 is 3.00 bits per heavy atom. The summed E-state index contributed by atoms with van der Waals surface area (Å²) in [5.41, 5.74) is 7.94. The van der Waals surface area contributed by atoms with Crippen molar-refractivity contribution in [1.29, 1.82) is 0 Å². The highest BCUT2D eigenvalue weighted by Crippen LogP contribution is 2.31. The smallest absolute Gasteiger partial charge is 0.137 e. The Morgan fingerprint density at radius 2 is 2.33 bits per heavy atom. The van der Waals surface area contributed by atoms with Crippen LogP contribution in [0.3, 0.4) is 0 Å². The monoisotopic (exact) mass is 205 g/mol. The normalized spacial score (nSPS) is 19.9. The predicted molar refractivity (Wildman–Crippen MR) is 58.1 cm³/mol. The summed E-state index contributed by atoms with van der Waals surface area (Å²) < 4.78 is 5.14. The van der Waals surface area contributed by atoms with Crippen molar-refractivity contribution in [3.05, 3.63) is 29.3 Å². The molecule has 1 aliphatic rings. The van der Waals surface area contributed by atoms with Gasteiger partial charge in [-0.25, -0.2) is 0 Å². The van der Waals surface area contributed by atoms with Gasteiger partial charge in [0.25, 0.3) is 0 Å². The Morgan fingerprint density at radius 1 is 1.53 bits per heavy atom. The van der Waals surface area contributed by atoms with Gasteiger partial charge in [0.05, 0.1) is 7.11 Å². The largest absolute Gasteiger partial charge is 0.497 e. The van der Waals surface area contributed by atoms with Crippen LogP contribution in [0.1, 0.15) is 23.5 Å². The maximum Gasteiger partial charge on any atom is 0.137 e. The summed E-state index contributed by atoms with van der Waals surface area (Å²) in [7, 11) is 1.63. The average molecular weight is 205 g/mol. The van der Waals surface area contributed by atoms with E-state index in [1.54, 1.807) is 7.11 Å². The molecule has 3 heteroatoms. The van der Waals surface area contributed by atoms with E-state index >= 15 is 0 Å². The number of fused-ring (bicyclic) bond motifs is 1. The Balaban J connectivity index is 2.41. The van der Waals surface area contributed by atoms with Gasteiger partial charge >= 0.3 is 0 Å².